The quantitative estimate of drug-likeness (QED) is 0.695. The Bertz CT molecular complexity index is 317. The molecule has 0 aromatic heterocycles. The largest absolute Gasteiger partial charge is 0.431 e. The Labute approximate surface area is 85.0 Å². The van der Waals surface area contributed by atoms with E-state index in [0.29, 0.717) is 11.9 Å². The van der Waals surface area contributed by atoms with Crippen molar-refractivity contribution in [3.05, 3.63) is 11.3 Å². The molecule has 1 heterocycles. The molecule has 0 saturated heterocycles. The molecule has 0 fully saturated rings. The van der Waals surface area contributed by atoms with Gasteiger partial charge in [-0.1, -0.05) is 13.8 Å². The van der Waals surface area contributed by atoms with E-state index in [2.05, 4.69) is 25.8 Å². The maximum Gasteiger partial charge on any atom is 0.288 e. The molecule has 3 nitrogen and oxygen atoms in total. The van der Waals surface area contributed by atoms with Gasteiger partial charge in [0, 0.05) is 6.42 Å². The molecule has 3 heteroatoms. The Hall–Kier alpha value is -0.990. The van der Waals surface area contributed by atoms with Crippen molar-refractivity contribution in [1.82, 2.24) is 0 Å². The first-order chi connectivity index (χ1) is 6.54. The van der Waals surface area contributed by atoms with E-state index in [4.69, 9.17) is 10.5 Å². The third-order valence-electron chi connectivity index (χ3n) is 3.47. The van der Waals surface area contributed by atoms with Crippen LogP contribution in [0, 0.1) is 5.92 Å². The Morgan fingerprint density at radius 1 is 1.43 bits per heavy atom. The first kappa shape index (κ1) is 9.56. The average Bonchev–Trinajstić information content (AvgIpc) is 2.51. The maximum atomic E-state index is 5.70. The topological polar surface area (TPSA) is 47.6 Å². The molecule has 2 rings (SSSR count). The number of hydrogen-bond donors (Lipinski definition) is 1. The Morgan fingerprint density at radius 2 is 2.14 bits per heavy atom. The first-order valence-electron chi connectivity index (χ1n) is 5.29. The second kappa shape index (κ2) is 3.01. The van der Waals surface area contributed by atoms with Crippen molar-refractivity contribution in [2.75, 3.05) is 0 Å². The van der Waals surface area contributed by atoms with E-state index in [9.17, 15) is 0 Å². The molecule has 2 N–H and O–H groups in total. The molecule has 0 amide bonds. The highest BCUT2D eigenvalue weighted by molar-refractivity contribution is 5.75. The highest BCUT2D eigenvalue weighted by atomic mass is 16.5. The zero-order chi connectivity index (χ0) is 10.3. The molecule has 1 aliphatic heterocycles. The summed E-state index contributed by atoms with van der Waals surface area (Å²) in [4.78, 5) is 4.47. The molecular formula is C11H18N2O. The predicted molar refractivity (Wildman–Crippen MR) is 56.8 cm³/mol. The van der Waals surface area contributed by atoms with Gasteiger partial charge in [0.1, 0.15) is 5.76 Å². The van der Waals surface area contributed by atoms with Crippen molar-refractivity contribution in [3.63, 3.8) is 0 Å². The molecule has 0 bridgehead atoms. The molecule has 78 valence electrons. The van der Waals surface area contributed by atoms with E-state index in [1.54, 1.807) is 0 Å². The first-order valence-corrected chi connectivity index (χ1v) is 5.29. The third kappa shape index (κ3) is 1.22. The van der Waals surface area contributed by atoms with Crippen molar-refractivity contribution >= 4 is 6.02 Å². The molecule has 14 heavy (non-hydrogen) atoms. The number of allylic oxidation sites excluding steroid dienone is 1. The average molecular weight is 194 g/mol. The zero-order valence-electron chi connectivity index (χ0n) is 9.13. The van der Waals surface area contributed by atoms with E-state index in [-0.39, 0.29) is 5.54 Å². The van der Waals surface area contributed by atoms with Crippen LogP contribution in [0.2, 0.25) is 0 Å². The monoisotopic (exact) mass is 194 g/mol. The van der Waals surface area contributed by atoms with E-state index in [0.717, 1.165) is 18.6 Å². The van der Waals surface area contributed by atoms with Crippen LogP contribution in [0.3, 0.4) is 0 Å². The zero-order valence-corrected chi connectivity index (χ0v) is 9.13. The second-order valence-electron chi connectivity index (χ2n) is 4.61. The number of aliphatic imine (C=N–C) groups is 1. The van der Waals surface area contributed by atoms with Gasteiger partial charge in [0.05, 0.1) is 5.54 Å². The van der Waals surface area contributed by atoms with E-state index < -0.39 is 0 Å². The highest BCUT2D eigenvalue weighted by Gasteiger charge is 2.40. The standard InChI is InChI=1S/C11H18N2O/c1-7(2)11(3)8-5-4-6-9(8)14-10(12)13-11/h7H,4-6H2,1-3H3,(H2,12,13). The summed E-state index contributed by atoms with van der Waals surface area (Å²) in [5, 5.41) is 0. The summed E-state index contributed by atoms with van der Waals surface area (Å²) in [5.74, 6) is 1.54. The number of hydrogen-bond acceptors (Lipinski definition) is 3. The molecular weight excluding hydrogens is 176 g/mol. The van der Waals surface area contributed by atoms with Crippen LogP contribution in [-0.2, 0) is 4.74 Å². The maximum absolute atomic E-state index is 5.70. The molecule has 0 aromatic carbocycles. The highest BCUT2D eigenvalue weighted by Crippen LogP contribution is 2.42. The van der Waals surface area contributed by atoms with Gasteiger partial charge in [0.25, 0.3) is 6.02 Å². The molecule has 0 aromatic rings. The SMILES string of the molecule is CC(C)C1(C)N=C(N)OC2=C1CCC2. The van der Waals surface area contributed by atoms with Crippen molar-refractivity contribution in [2.45, 2.75) is 45.6 Å². The van der Waals surface area contributed by atoms with Gasteiger partial charge in [-0.3, -0.25) is 0 Å². The van der Waals surface area contributed by atoms with E-state index >= 15 is 0 Å². The van der Waals surface area contributed by atoms with Gasteiger partial charge in [-0.2, -0.15) is 0 Å². The van der Waals surface area contributed by atoms with E-state index in [1.165, 1.54) is 12.0 Å². The normalized spacial score (nSPS) is 31.6. The van der Waals surface area contributed by atoms with Crippen LogP contribution in [0.1, 0.15) is 40.0 Å². The summed E-state index contributed by atoms with van der Waals surface area (Å²) < 4.78 is 5.46. The minimum absolute atomic E-state index is 0.131. The molecule has 1 aliphatic carbocycles. The Balaban J connectivity index is 2.42. The molecule has 1 unspecified atom stereocenters. The van der Waals surface area contributed by atoms with Crippen LogP contribution in [0.15, 0.2) is 16.3 Å². The summed E-state index contributed by atoms with van der Waals surface area (Å²) in [6.45, 7) is 6.53. The molecule has 0 saturated carbocycles. The number of nitrogens with zero attached hydrogens (tertiary/aromatic N) is 1. The Kier molecular flexibility index (Phi) is 2.05. The number of ether oxygens (including phenoxy) is 1. The van der Waals surface area contributed by atoms with Crippen LogP contribution < -0.4 is 5.73 Å². The van der Waals surface area contributed by atoms with Crippen molar-refractivity contribution < 1.29 is 4.74 Å². The van der Waals surface area contributed by atoms with Crippen molar-refractivity contribution in [2.24, 2.45) is 16.6 Å². The molecule has 0 radical (unpaired) electrons. The van der Waals surface area contributed by atoms with Crippen LogP contribution >= 0.6 is 0 Å². The summed E-state index contributed by atoms with van der Waals surface area (Å²) in [5.41, 5.74) is 6.93. The molecule has 1 atom stereocenters. The lowest BCUT2D eigenvalue weighted by Crippen LogP contribution is -2.38. The van der Waals surface area contributed by atoms with Gasteiger partial charge in [-0.25, -0.2) is 4.99 Å². The van der Waals surface area contributed by atoms with Crippen LogP contribution in [-0.4, -0.2) is 11.6 Å². The van der Waals surface area contributed by atoms with Gasteiger partial charge >= 0.3 is 0 Å². The fourth-order valence-electron chi connectivity index (χ4n) is 2.29. The minimum atomic E-state index is -0.131. The second-order valence-corrected chi connectivity index (χ2v) is 4.61. The number of nitrogens with two attached hydrogens (primary N) is 1. The van der Waals surface area contributed by atoms with Crippen molar-refractivity contribution in [1.29, 1.82) is 0 Å². The Morgan fingerprint density at radius 3 is 2.79 bits per heavy atom. The molecule has 0 spiro atoms. The lowest BCUT2D eigenvalue weighted by atomic mass is 9.80. The summed E-state index contributed by atoms with van der Waals surface area (Å²) in [7, 11) is 0. The summed E-state index contributed by atoms with van der Waals surface area (Å²) in [6.07, 6.45) is 3.31. The van der Waals surface area contributed by atoms with Gasteiger partial charge in [0.15, 0.2) is 0 Å². The fraction of sp³-hybridized carbons (Fsp3) is 0.727. The van der Waals surface area contributed by atoms with Gasteiger partial charge in [-0.05, 0) is 31.3 Å². The third-order valence-corrected chi connectivity index (χ3v) is 3.47. The lowest BCUT2D eigenvalue weighted by Gasteiger charge is -2.35. The van der Waals surface area contributed by atoms with Crippen molar-refractivity contribution in [3.8, 4) is 0 Å². The van der Waals surface area contributed by atoms with Gasteiger partial charge in [-0.15, -0.1) is 0 Å². The number of amidine groups is 1. The smallest absolute Gasteiger partial charge is 0.288 e. The van der Waals surface area contributed by atoms with Crippen LogP contribution in [0.25, 0.3) is 0 Å². The minimum Gasteiger partial charge on any atom is -0.431 e. The van der Waals surface area contributed by atoms with E-state index in [1.807, 2.05) is 0 Å². The fourth-order valence-corrected chi connectivity index (χ4v) is 2.29. The van der Waals surface area contributed by atoms with Crippen LogP contribution in [0.5, 0.6) is 0 Å². The summed E-state index contributed by atoms with van der Waals surface area (Å²) in [6, 6.07) is 0.335. The molecule has 2 aliphatic rings. The van der Waals surface area contributed by atoms with Crippen LogP contribution in [0.4, 0.5) is 0 Å². The lowest BCUT2D eigenvalue weighted by molar-refractivity contribution is 0.309. The van der Waals surface area contributed by atoms with Gasteiger partial charge < -0.3 is 10.5 Å². The van der Waals surface area contributed by atoms with Gasteiger partial charge in [0.2, 0.25) is 0 Å². The summed E-state index contributed by atoms with van der Waals surface area (Å²) >= 11 is 0. The predicted octanol–water partition coefficient (Wildman–Crippen LogP) is 2.18. The number of rotatable bonds is 1.